The number of hydrogen-bond donors (Lipinski definition) is 3. The number of carboxylic acids is 1. The summed E-state index contributed by atoms with van der Waals surface area (Å²) in [6.07, 6.45) is -2.28. The fourth-order valence-electron chi connectivity index (χ4n) is 4.59. The number of rotatable bonds is 8. The van der Waals surface area contributed by atoms with Gasteiger partial charge in [0.05, 0.1) is 23.1 Å². The topological polar surface area (TPSA) is 162 Å². The van der Waals surface area contributed by atoms with Crippen LogP contribution in [0.1, 0.15) is 33.9 Å². The van der Waals surface area contributed by atoms with Gasteiger partial charge in [-0.05, 0) is 36.8 Å². The molecule has 1 saturated heterocycles. The molecule has 0 spiro atoms. The van der Waals surface area contributed by atoms with Gasteiger partial charge in [0.25, 0.3) is 17.5 Å². The molecule has 1 aliphatic heterocycles. The van der Waals surface area contributed by atoms with Crippen LogP contribution >= 0.6 is 0 Å². The average molecular weight is 582 g/mol. The third kappa shape index (κ3) is 6.66. The number of amides is 4. The van der Waals surface area contributed by atoms with Gasteiger partial charge in [-0.25, -0.2) is 13.6 Å². The van der Waals surface area contributed by atoms with Gasteiger partial charge in [0, 0.05) is 36.9 Å². The summed E-state index contributed by atoms with van der Waals surface area (Å²) < 4.78 is 27.6. The van der Waals surface area contributed by atoms with Crippen molar-refractivity contribution >= 4 is 35.2 Å². The van der Waals surface area contributed by atoms with Gasteiger partial charge >= 0.3 is 12.0 Å². The Bertz CT molecular complexity index is 1570. The first-order chi connectivity index (χ1) is 19.9. The van der Waals surface area contributed by atoms with E-state index in [0.29, 0.717) is 6.07 Å². The molecule has 1 heterocycles. The quantitative estimate of drug-likeness (QED) is 0.269. The Morgan fingerprint density at radius 3 is 2.40 bits per heavy atom. The number of urea groups is 1. The number of carboxylic acid groups (broad SMARTS) is 1. The van der Waals surface area contributed by atoms with Crippen LogP contribution in [0, 0.1) is 28.7 Å². The molecule has 0 aromatic heterocycles. The second-order valence-corrected chi connectivity index (χ2v) is 9.50. The summed E-state index contributed by atoms with van der Waals surface area (Å²) in [6, 6.07) is 11.8. The highest BCUT2D eigenvalue weighted by Crippen LogP contribution is 2.26. The fourth-order valence-corrected chi connectivity index (χ4v) is 4.59. The number of aliphatic carboxylic acids is 1. The zero-order valence-corrected chi connectivity index (χ0v) is 22.1. The molecule has 42 heavy (non-hydrogen) atoms. The minimum Gasteiger partial charge on any atom is -0.481 e. The molecule has 3 aromatic carbocycles. The number of carbonyl (C=O) groups excluding carboxylic acids is 3. The van der Waals surface area contributed by atoms with Crippen LogP contribution in [0.15, 0.2) is 66.7 Å². The number of non-ortho nitro benzene ring substituents is 1. The third-order valence-corrected chi connectivity index (χ3v) is 6.54. The number of hydrogen-bond acceptors (Lipinski definition) is 6. The lowest BCUT2D eigenvalue weighted by Crippen LogP contribution is -2.55. The molecule has 0 saturated carbocycles. The van der Waals surface area contributed by atoms with Crippen LogP contribution < -0.4 is 10.6 Å². The molecule has 1 aliphatic rings. The molecule has 1 fully saturated rings. The van der Waals surface area contributed by atoms with E-state index in [4.69, 9.17) is 0 Å². The van der Waals surface area contributed by atoms with E-state index < -0.39 is 59.0 Å². The van der Waals surface area contributed by atoms with E-state index in [1.165, 1.54) is 24.3 Å². The number of anilines is 1. The van der Waals surface area contributed by atoms with Crippen molar-refractivity contribution in [3.8, 4) is 0 Å². The van der Waals surface area contributed by atoms with Crippen LogP contribution in [0.3, 0.4) is 0 Å². The maximum atomic E-state index is 14.3. The molecule has 0 aliphatic carbocycles. The molecule has 14 heteroatoms. The largest absolute Gasteiger partial charge is 0.481 e. The van der Waals surface area contributed by atoms with Crippen LogP contribution in [0.25, 0.3) is 0 Å². The van der Waals surface area contributed by atoms with Crippen LogP contribution in [0.4, 0.5) is 25.0 Å². The lowest BCUT2D eigenvalue weighted by molar-refractivity contribution is -0.384. The summed E-state index contributed by atoms with van der Waals surface area (Å²) in [5.74, 6) is -4.83. The van der Waals surface area contributed by atoms with E-state index in [2.05, 4.69) is 10.6 Å². The molecular weight excluding hydrogens is 556 g/mol. The van der Waals surface area contributed by atoms with Gasteiger partial charge in [-0.15, -0.1) is 0 Å². The zero-order valence-electron chi connectivity index (χ0n) is 22.1. The zero-order chi connectivity index (χ0) is 30.6. The van der Waals surface area contributed by atoms with E-state index >= 15 is 0 Å². The summed E-state index contributed by atoms with van der Waals surface area (Å²) in [6.45, 7) is 1.49. The molecule has 3 N–H and O–H groups in total. The van der Waals surface area contributed by atoms with Crippen molar-refractivity contribution in [2.45, 2.75) is 25.6 Å². The number of carbonyl (C=O) groups is 4. The first kappa shape index (κ1) is 29.6. The van der Waals surface area contributed by atoms with Crippen LogP contribution in [0.5, 0.6) is 0 Å². The van der Waals surface area contributed by atoms with E-state index in [1.807, 2.05) is 0 Å². The summed E-state index contributed by atoms with van der Waals surface area (Å²) in [7, 11) is 0. The molecule has 2 atom stereocenters. The molecule has 2 unspecified atom stereocenters. The number of halogens is 2. The maximum Gasteiger partial charge on any atom is 0.324 e. The van der Waals surface area contributed by atoms with Gasteiger partial charge in [-0.2, -0.15) is 0 Å². The van der Waals surface area contributed by atoms with Crippen molar-refractivity contribution in [3.05, 3.63) is 105 Å². The smallest absolute Gasteiger partial charge is 0.324 e. The predicted molar refractivity (Wildman–Crippen MR) is 144 cm³/mol. The van der Waals surface area contributed by atoms with Crippen molar-refractivity contribution in [2.24, 2.45) is 0 Å². The summed E-state index contributed by atoms with van der Waals surface area (Å²) in [5, 5.41) is 25.5. The van der Waals surface area contributed by atoms with E-state index in [9.17, 15) is 43.2 Å². The van der Waals surface area contributed by atoms with E-state index in [-0.39, 0.29) is 35.6 Å². The summed E-state index contributed by atoms with van der Waals surface area (Å²) in [4.78, 5) is 64.8. The van der Waals surface area contributed by atoms with Gasteiger partial charge in [-0.1, -0.05) is 29.8 Å². The Morgan fingerprint density at radius 1 is 1.02 bits per heavy atom. The lowest BCUT2D eigenvalue weighted by atomic mass is 10.0. The average Bonchev–Trinajstić information content (AvgIpc) is 3.39. The number of nitrogens with zero attached hydrogens (tertiary/aromatic N) is 3. The molecule has 12 nitrogen and oxygen atoms in total. The number of nitro benzene ring substituents is 1. The molecule has 4 rings (SSSR count). The molecule has 0 bridgehead atoms. The maximum absolute atomic E-state index is 14.3. The number of nitro groups is 1. The highest BCUT2D eigenvalue weighted by atomic mass is 19.1. The van der Waals surface area contributed by atoms with Crippen molar-refractivity contribution in [1.29, 1.82) is 0 Å². The Labute approximate surface area is 237 Å². The molecule has 3 aromatic rings. The normalized spacial score (nSPS) is 15.2. The Kier molecular flexibility index (Phi) is 8.74. The number of benzene rings is 3. The second-order valence-electron chi connectivity index (χ2n) is 9.50. The van der Waals surface area contributed by atoms with Gasteiger partial charge in [0.1, 0.15) is 11.6 Å². The monoisotopic (exact) mass is 581 g/mol. The third-order valence-electron chi connectivity index (χ3n) is 6.54. The van der Waals surface area contributed by atoms with Gasteiger partial charge < -0.3 is 20.6 Å². The second kappa shape index (κ2) is 12.4. The van der Waals surface area contributed by atoms with Crippen molar-refractivity contribution in [2.75, 3.05) is 18.4 Å². The van der Waals surface area contributed by atoms with Crippen LogP contribution in [-0.4, -0.2) is 62.9 Å². The standard InChI is InChI=1S/C28H25F2N5O7/c1-16-4-2-6-18(12-16)27(39)33-10-11-34(28(40)32-22-9-8-19(29)14-21(22)30)26(33)25(38)31-23(15-24(36)37)17-5-3-7-20(13-17)35(41)42/h2-9,12-14,23,26H,10-11,15H2,1H3,(H,31,38)(H,32,40)(H,36,37). The molecule has 218 valence electrons. The molecule has 0 radical (unpaired) electrons. The highest BCUT2D eigenvalue weighted by molar-refractivity contribution is 6.01. The Hall–Kier alpha value is -5.40. The highest BCUT2D eigenvalue weighted by Gasteiger charge is 2.44. The van der Waals surface area contributed by atoms with Crippen LogP contribution in [0.2, 0.25) is 0 Å². The van der Waals surface area contributed by atoms with E-state index in [1.54, 1.807) is 25.1 Å². The van der Waals surface area contributed by atoms with Crippen molar-refractivity contribution in [3.63, 3.8) is 0 Å². The van der Waals surface area contributed by atoms with Crippen LogP contribution in [-0.2, 0) is 9.59 Å². The van der Waals surface area contributed by atoms with Gasteiger partial charge in [0.15, 0.2) is 6.17 Å². The minimum absolute atomic E-state index is 0.107. The SMILES string of the molecule is Cc1cccc(C(=O)N2CCN(C(=O)Nc3ccc(F)cc3F)C2C(=O)NC(CC(=O)O)c2cccc([N+](=O)[O-])c2)c1. The lowest BCUT2D eigenvalue weighted by Gasteiger charge is -2.31. The Morgan fingerprint density at radius 2 is 1.74 bits per heavy atom. The molecular formula is C28H25F2N5O7. The first-order valence-corrected chi connectivity index (χ1v) is 12.6. The van der Waals surface area contributed by atoms with Gasteiger partial charge in [-0.3, -0.25) is 29.4 Å². The van der Waals surface area contributed by atoms with Crippen molar-refractivity contribution in [1.82, 2.24) is 15.1 Å². The number of nitrogens with one attached hydrogen (secondary N) is 2. The fraction of sp³-hybridized carbons (Fsp3) is 0.214. The van der Waals surface area contributed by atoms with E-state index in [0.717, 1.165) is 33.6 Å². The number of aryl methyl sites for hydroxylation is 1. The first-order valence-electron chi connectivity index (χ1n) is 12.6. The Balaban J connectivity index is 1.68. The predicted octanol–water partition coefficient (Wildman–Crippen LogP) is 3.83. The van der Waals surface area contributed by atoms with Gasteiger partial charge in [0.2, 0.25) is 0 Å². The molecule has 4 amide bonds. The summed E-state index contributed by atoms with van der Waals surface area (Å²) >= 11 is 0. The minimum atomic E-state index is -1.61. The van der Waals surface area contributed by atoms with Crippen molar-refractivity contribution < 1.29 is 38.0 Å². The summed E-state index contributed by atoms with van der Waals surface area (Å²) in [5.41, 5.74) is 0.384.